The van der Waals surface area contributed by atoms with E-state index in [1.807, 2.05) is 4.90 Å². The summed E-state index contributed by atoms with van der Waals surface area (Å²) >= 11 is 10.0. The van der Waals surface area contributed by atoms with Gasteiger partial charge in [-0.05, 0) is 28.1 Å². The zero-order valence-corrected chi connectivity index (χ0v) is 23.0. The Balaban J connectivity index is 2.19. The molecule has 0 spiro atoms. The molecule has 0 atom stereocenters. The predicted octanol–water partition coefficient (Wildman–Crippen LogP) is 3.86. The van der Waals surface area contributed by atoms with Crippen LogP contribution in [-0.2, 0) is 19.1 Å². The van der Waals surface area contributed by atoms with Gasteiger partial charge in [0.05, 0.1) is 42.4 Å². The Morgan fingerprint density at radius 2 is 1.56 bits per heavy atom. The first-order chi connectivity index (χ1) is 17.2. The van der Waals surface area contributed by atoms with Crippen LogP contribution in [0.25, 0.3) is 16.7 Å². The summed E-state index contributed by atoms with van der Waals surface area (Å²) in [6.45, 7) is 4.93. The minimum Gasteiger partial charge on any atom is -0.494 e. The van der Waals surface area contributed by atoms with E-state index in [0.29, 0.717) is 64.6 Å². The van der Waals surface area contributed by atoms with E-state index in [-0.39, 0.29) is 16.8 Å². The van der Waals surface area contributed by atoms with Gasteiger partial charge in [-0.3, -0.25) is 9.59 Å². The number of ether oxygens (including phenoxy) is 3. The average molecular weight is 584 g/mol. The lowest BCUT2D eigenvalue weighted by Crippen LogP contribution is -2.31. The number of methoxy groups -OCH3 is 3. The predicted molar refractivity (Wildman–Crippen MR) is 143 cm³/mol. The molecule has 2 amide bonds. The van der Waals surface area contributed by atoms with Gasteiger partial charge in [0.15, 0.2) is 0 Å². The average Bonchev–Trinajstić information content (AvgIpc) is 3.28. The Kier molecular flexibility index (Phi) is 9.49. The number of nitrogens with zero attached hydrogens (tertiary/aromatic N) is 4. The van der Waals surface area contributed by atoms with Gasteiger partial charge in [0, 0.05) is 51.7 Å². The van der Waals surface area contributed by atoms with Gasteiger partial charge in [0.2, 0.25) is 11.8 Å². The fourth-order valence-electron chi connectivity index (χ4n) is 3.57. The van der Waals surface area contributed by atoms with Gasteiger partial charge in [-0.25, -0.2) is 0 Å². The van der Waals surface area contributed by atoms with Gasteiger partial charge in [0.1, 0.15) is 22.5 Å². The molecule has 0 bridgehead atoms. The summed E-state index contributed by atoms with van der Waals surface area (Å²) in [6.07, 6.45) is 0. The number of halogens is 2. The Bertz CT molecular complexity index is 1260. The van der Waals surface area contributed by atoms with Crippen LogP contribution in [0.4, 0.5) is 17.1 Å². The second kappa shape index (κ2) is 12.3. The van der Waals surface area contributed by atoms with Crippen molar-refractivity contribution >= 4 is 67.4 Å². The van der Waals surface area contributed by atoms with Gasteiger partial charge in [-0.2, -0.15) is 0 Å². The van der Waals surface area contributed by atoms with Gasteiger partial charge < -0.3 is 29.7 Å². The third-order valence-electron chi connectivity index (χ3n) is 5.16. The summed E-state index contributed by atoms with van der Waals surface area (Å²) in [4.78, 5) is 27.1. The molecular formula is C23H28BrClN6O5. The van der Waals surface area contributed by atoms with Crippen molar-refractivity contribution in [1.82, 2.24) is 15.0 Å². The Hall–Kier alpha value is -2.93. The van der Waals surface area contributed by atoms with E-state index in [0.717, 1.165) is 5.69 Å². The number of rotatable bonds is 11. The number of carbonyl (C=O) groups excluding carboxylic acids is 2. The molecule has 3 aromatic rings. The van der Waals surface area contributed by atoms with Crippen LogP contribution in [0.15, 0.2) is 22.7 Å². The number of benzene rings is 2. The van der Waals surface area contributed by atoms with Crippen LogP contribution in [0.1, 0.15) is 13.8 Å². The second-order valence-corrected chi connectivity index (χ2v) is 9.02. The van der Waals surface area contributed by atoms with E-state index in [1.165, 1.54) is 18.6 Å². The van der Waals surface area contributed by atoms with E-state index in [2.05, 4.69) is 36.8 Å². The lowest BCUT2D eigenvalue weighted by atomic mass is 10.2. The molecule has 11 nitrogen and oxygen atoms in total. The van der Waals surface area contributed by atoms with Gasteiger partial charge in [0.25, 0.3) is 0 Å². The maximum atomic E-state index is 12.1. The maximum Gasteiger partial charge on any atom is 0.221 e. The van der Waals surface area contributed by atoms with Crippen molar-refractivity contribution < 1.29 is 23.8 Å². The van der Waals surface area contributed by atoms with Crippen molar-refractivity contribution in [1.29, 1.82) is 0 Å². The molecule has 0 radical (unpaired) electrons. The van der Waals surface area contributed by atoms with Crippen LogP contribution in [-0.4, -0.2) is 74.4 Å². The minimum absolute atomic E-state index is 0.240. The number of fused-ring (bicyclic) bond motifs is 1. The molecule has 0 fully saturated rings. The molecule has 194 valence electrons. The van der Waals surface area contributed by atoms with E-state index in [4.69, 9.17) is 25.8 Å². The summed E-state index contributed by atoms with van der Waals surface area (Å²) in [6, 6.07) is 5.20. The molecule has 0 unspecified atom stereocenters. The molecule has 0 saturated heterocycles. The quantitative estimate of drug-likeness (QED) is 0.349. The highest BCUT2D eigenvalue weighted by atomic mass is 79.9. The van der Waals surface area contributed by atoms with Crippen molar-refractivity contribution in [3.8, 4) is 11.4 Å². The highest BCUT2D eigenvalue weighted by Gasteiger charge is 2.22. The molecule has 0 saturated carbocycles. The van der Waals surface area contributed by atoms with Crippen LogP contribution in [0, 0.1) is 0 Å². The van der Waals surface area contributed by atoms with Crippen molar-refractivity contribution in [2.45, 2.75) is 13.8 Å². The van der Waals surface area contributed by atoms with Crippen LogP contribution < -0.4 is 20.3 Å². The summed E-state index contributed by atoms with van der Waals surface area (Å²) in [5.74, 6) is 0.00337. The first-order valence-corrected chi connectivity index (χ1v) is 12.1. The van der Waals surface area contributed by atoms with Crippen LogP contribution >= 0.6 is 27.5 Å². The summed E-state index contributed by atoms with van der Waals surface area (Å²) < 4.78 is 16.8. The lowest BCUT2D eigenvalue weighted by molar-refractivity contribution is -0.115. The molecule has 0 aliphatic carbocycles. The Morgan fingerprint density at radius 1 is 0.972 bits per heavy atom. The maximum absolute atomic E-state index is 12.1. The number of aromatic nitrogens is 3. The highest BCUT2D eigenvalue weighted by molar-refractivity contribution is 9.10. The first kappa shape index (κ1) is 27.7. The van der Waals surface area contributed by atoms with Crippen molar-refractivity contribution in [2.24, 2.45) is 0 Å². The fourth-order valence-corrected chi connectivity index (χ4v) is 4.29. The summed E-state index contributed by atoms with van der Waals surface area (Å²) in [5.41, 5.74) is 2.92. The summed E-state index contributed by atoms with van der Waals surface area (Å²) in [5, 5.41) is 14.9. The molecule has 1 heterocycles. The van der Waals surface area contributed by atoms with Crippen LogP contribution in [0.5, 0.6) is 5.75 Å². The zero-order chi connectivity index (χ0) is 26.4. The molecule has 0 aliphatic rings. The summed E-state index contributed by atoms with van der Waals surface area (Å²) in [7, 11) is 4.82. The largest absolute Gasteiger partial charge is 0.494 e. The molecule has 0 aliphatic heterocycles. The Morgan fingerprint density at radius 3 is 2.11 bits per heavy atom. The highest BCUT2D eigenvalue weighted by Crippen LogP contribution is 2.38. The monoisotopic (exact) mass is 582 g/mol. The van der Waals surface area contributed by atoms with Crippen LogP contribution in [0.2, 0.25) is 5.02 Å². The Labute approximate surface area is 222 Å². The smallest absolute Gasteiger partial charge is 0.221 e. The third-order valence-corrected chi connectivity index (χ3v) is 6.15. The first-order valence-electron chi connectivity index (χ1n) is 11.0. The van der Waals surface area contributed by atoms with Crippen LogP contribution in [0.3, 0.4) is 0 Å². The lowest BCUT2D eigenvalue weighted by Gasteiger charge is -2.27. The van der Waals surface area contributed by atoms with Crippen molar-refractivity contribution in [2.75, 3.05) is 63.2 Å². The van der Waals surface area contributed by atoms with E-state index < -0.39 is 0 Å². The number of anilines is 3. The number of carbonyl (C=O) groups is 2. The number of amides is 2. The molecule has 1 aromatic heterocycles. The van der Waals surface area contributed by atoms with Crippen molar-refractivity contribution in [3.63, 3.8) is 0 Å². The molecule has 2 aromatic carbocycles. The molecule has 13 heteroatoms. The fraction of sp³-hybridized carbons (Fsp3) is 0.391. The van der Waals surface area contributed by atoms with Crippen molar-refractivity contribution in [3.05, 3.63) is 27.7 Å². The number of hydrogen-bond donors (Lipinski definition) is 2. The molecular weight excluding hydrogens is 556 g/mol. The zero-order valence-electron chi connectivity index (χ0n) is 20.6. The van der Waals surface area contributed by atoms with E-state index in [1.54, 1.807) is 39.5 Å². The third kappa shape index (κ3) is 6.25. The SMILES string of the molecule is COCCN(CCOC)c1cc(NC(C)=O)c(-n2nc3c(Br)cc(NC(C)=O)c(Cl)c3n2)cc1OC. The minimum atomic E-state index is -0.268. The topological polar surface area (TPSA) is 120 Å². The van der Waals surface area contributed by atoms with Gasteiger partial charge in [-0.15, -0.1) is 15.0 Å². The number of nitrogens with one attached hydrogen (secondary N) is 2. The van der Waals surface area contributed by atoms with E-state index >= 15 is 0 Å². The molecule has 2 N–H and O–H groups in total. The van der Waals surface area contributed by atoms with Gasteiger partial charge in [-0.1, -0.05) is 11.6 Å². The van der Waals surface area contributed by atoms with E-state index in [9.17, 15) is 9.59 Å². The molecule has 36 heavy (non-hydrogen) atoms. The van der Waals surface area contributed by atoms with Gasteiger partial charge >= 0.3 is 0 Å². The second-order valence-electron chi connectivity index (χ2n) is 7.78. The number of hydrogen-bond acceptors (Lipinski definition) is 8. The molecule has 3 rings (SSSR count). The standard InChI is InChI=1S/C23H28BrClN6O5/c1-13(32)26-16-11-19(30(6-8-34-3)7-9-35-4)20(36-5)12-18(16)31-28-22-15(24)10-17(27-14(2)33)21(25)23(22)29-31/h10-12H,6-9H2,1-5H3,(H,26,32)(H,27,33). The normalized spacial score (nSPS) is 11.0.